The van der Waals surface area contributed by atoms with Crippen LogP contribution in [-0.4, -0.2) is 28.6 Å². The van der Waals surface area contributed by atoms with Crippen LogP contribution in [0.2, 0.25) is 0 Å². The molecule has 2 amide bonds. The molecular formula is C16H18N4O2S. The summed E-state index contributed by atoms with van der Waals surface area (Å²) in [5.41, 5.74) is 2.49. The number of rotatable bonds is 4. The Morgan fingerprint density at radius 2 is 2.17 bits per heavy atom. The molecule has 6 nitrogen and oxygen atoms in total. The lowest BCUT2D eigenvalue weighted by Crippen LogP contribution is -2.25. The Hall–Kier alpha value is -2.28. The van der Waals surface area contributed by atoms with Crippen molar-refractivity contribution in [3.8, 4) is 0 Å². The molecule has 3 rings (SSSR count). The summed E-state index contributed by atoms with van der Waals surface area (Å²) in [6.07, 6.45) is 2.64. The van der Waals surface area contributed by atoms with Gasteiger partial charge in [-0.3, -0.25) is 14.9 Å². The first-order valence-corrected chi connectivity index (χ1v) is 8.45. The van der Waals surface area contributed by atoms with Crippen molar-refractivity contribution >= 4 is 34.0 Å². The van der Waals surface area contributed by atoms with E-state index in [1.807, 2.05) is 12.1 Å². The Labute approximate surface area is 138 Å². The van der Waals surface area contributed by atoms with Gasteiger partial charge in [-0.25, -0.2) is 0 Å². The topological polar surface area (TPSA) is 75.2 Å². The average molecular weight is 330 g/mol. The van der Waals surface area contributed by atoms with Crippen LogP contribution in [0, 0.1) is 0 Å². The van der Waals surface area contributed by atoms with Crippen LogP contribution in [0.1, 0.15) is 41.2 Å². The molecule has 1 aromatic heterocycles. The number of nitrogens with zero attached hydrogens (tertiary/aromatic N) is 3. The fraction of sp³-hybridized carbons (Fsp3) is 0.375. The van der Waals surface area contributed by atoms with E-state index in [2.05, 4.69) is 22.4 Å². The summed E-state index contributed by atoms with van der Waals surface area (Å²) in [5.74, 6) is -0.175. The largest absolute Gasteiger partial charge is 0.312 e. The number of carbonyl (C=O) groups excluding carboxylic acids is 2. The molecule has 120 valence electrons. The number of carbonyl (C=O) groups is 2. The van der Waals surface area contributed by atoms with Gasteiger partial charge in [-0.05, 0) is 36.6 Å². The van der Waals surface area contributed by atoms with Gasteiger partial charge in [-0.15, -0.1) is 10.2 Å². The van der Waals surface area contributed by atoms with Gasteiger partial charge in [0.25, 0.3) is 5.91 Å². The van der Waals surface area contributed by atoms with E-state index >= 15 is 0 Å². The van der Waals surface area contributed by atoms with Crippen molar-refractivity contribution in [3.63, 3.8) is 0 Å². The predicted molar refractivity (Wildman–Crippen MR) is 90.0 cm³/mol. The van der Waals surface area contributed by atoms with E-state index in [1.165, 1.54) is 11.3 Å². The standard InChI is InChI=1S/C16H18N4O2S/c1-3-4-14-18-19-16(23-14)17-15(22)12-5-6-13-11(9-12)7-8-20(13)10(2)21/h5-6,9H,3-4,7-8H2,1-2H3,(H,17,19,22). The van der Waals surface area contributed by atoms with E-state index in [-0.39, 0.29) is 11.8 Å². The lowest BCUT2D eigenvalue weighted by molar-refractivity contribution is -0.116. The number of fused-ring (bicyclic) bond motifs is 1. The normalized spacial score (nSPS) is 13.0. The molecule has 2 aromatic rings. The smallest absolute Gasteiger partial charge is 0.257 e. The molecule has 1 aliphatic heterocycles. The highest BCUT2D eigenvalue weighted by molar-refractivity contribution is 7.15. The van der Waals surface area contributed by atoms with Gasteiger partial charge in [0.1, 0.15) is 5.01 Å². The maximum atomic E-state index is 12.3. The number of anilines is 2. The number of aryl methyl sites for hydroxylation is 1. The van der Waals surface area contributed by atoms with E-state index in [0.29, 0.717) is 17.2 Å². The Morgan fingerprint density at radius 3 is 2.91 bits per heavy atom. The Bertz CT molecular complexity index is 756. The zero-order chi connectivity index (χ0) is 16.4. The van der Waals surface area contributed by atoms with Crippen molar-refractivity contribution in [3.05, 3.63) is 34.3 Å². The van der Waals surface area contributed by atoms with Gasteiger partial charge in [0, 0.05) is 31.1 Å². The van der Waals surface area contributed by atoms with E-state index in [4.69, 9.17) is 0 Å². The minimum absolute atomic E-state index is 0.0262. The fourth-order valence-electron chi connectivity index (χ4n) is 2.66. The first-order chi connectivity index (χ1) is 11.1. The molecule has 0 fully saturated rings. The Balaban J connectivity index is 1.74. The second-order valence-electron chi connectivity index (χ2n) is 5.47. The van der Waals surface area contributed by atoms with Crippen LogP contribution >= 0.6 is 11.3 Å². The van der Waals surface area contributed by atoms with Gasteiger partial charge >= 0.3 is 0 Å². The zero-order valence-electron chi connectivity index (χ0n) is 13.1. The van der Waals surface area contributed by atoms with Crippen molar-refractivity contribution < 1.29 is 9.59 Å². The lowest BCUT2D eigenvalue weighted by atomic mass is 10.1. The molecule has 0 atom stereocenters. The van der Waals surface area contributed by atoms with Gasteiger partial charge in [0.15, 0.2) is 0 Å². The van der Waals surface area contributed by atoms with Crippen molar-refractivity contribution in [2.75, 3.05) is 16.8 Å². The van der Waals surface area contributed by atoms with Crippen molar-refractivity contribution in [2.24, 2.45) is 0 Å². The number of aromatic nitrogens is 2. The van der Waals surface area contributed by atoms with Crippen LogP contribution in [0.25, 0.3) is 0 Å². The van der Waals surface area contributed by atoms with Gasteiger partial charge in [-0.2, -0.15) is 0 Å². The number of benzene rings is 1. The fourth-order valence-corrected chi connectivity index (χ4v) is 3.49. The maximum absolute atomic E-state index is 12.3. The van der Waals surface area contributed by atoms with E-state index < -0.39 is 0 Å². The molecule has 7 heteroatoms. The minimum Gasteiger partial charge on any atom is -0.312 e. The highest BCUT2D eigenvalue weighted by Gasteiger charge is 2.23. The molecule has 1 aliphatic rings. The Morgan fingerprint density at radius 1 is 1.35 bits per heavy atom. The van der Waals surface area contributed by atoms with Gasteiger partial charge in [-0.1, -0.05) is 18.3 Å². The van der Waals surface area contributed by atoms with Crippen LogP contribution in [-0.2, 0) is 17.6 Å². The number of nitrogens with one attached hydrogen (secondary N) is 1. The van der Waals surface area contributed by atoms with Crippen LogP contribution in [0.15, 0.2) is 18.2 Å². The number of amides is 2. The lowest BCUT2D eigenvalue weighted by Gasteiger charge is -2.14. The first kappa shape index (κ1) is 15.6. The summed E-state index contributed by atoms with van der Waals surface area (Å²) in [5, 5.41) is 12.3. The van der Waals surface area contributed by atoms with Crippen LogP contribution in [0.4, 0.5) is 10.8 Å². The second kappa shape index (κ2) is 6.45. The SMILES string of the molecule is CCCc1nnc(NC(=O)c2ccc3c(c2)CCN3C(C)=O)s1. The van der Waals surface area contributed by atoms with Crippen molar-refractivity contribution in [2.45, 2.75) is 33.1 Å². The van der Waals surface area contributed by atoms with Gasteiger partial charge in [0.05, 0.1) is 0 Å². The molecular weight excluding hydrogens is 312 g/mol. The van der Waals surface area contributed by atoms with E-state index in [9.17, 15) is 9.59 Å². The third-order valence-corrected chi connectivity index (χ3v) is 4.67. The summed E-state index contributed by atoms with van der Waals surface area (Å²) in [4.78, 5) is 25.6. The highest BCUT2D eigenvalue weighted by Crippen LogP contribution is 2.29. The van der Waals surface area contributed by atoms with Crippen molar-refractivity contribution in [1.29, 1.82) is 0 Å². The summed E-state index contributed by atoms with van der Waals surface area (Å²) in [6.45, 7) is 4.31. The summed E-state index contributed by atoms with van der Waals surface area (Å²) >= 11 is 1.40. The third kappa shape index (κ3) is 3.24. The van der Waals surface area contributed by atoms with Crippen LogP contribution in [0.3, 0.4) is 0 Å². The molecule has 0 saturated heterocycles. The summed E-state index contributed by atoms with van der Waals surface area (Å²) in [6, 6.07) is 5.42. The second-order valence-corrected chi connectivity index (χ2v) is 6.53. The monoisotopic (exact) mass is 330 g/mol. The summed E-state index contributed by atoms with van der Waals surface area (Å²) in [7, 11) is 0. The zero-order valence-corrected chi connectivity index (χ0v) is 13.9. The molecule has 2 heterocycles. The average Bonchev–Trinajstić information content (AvgIpc) is 3.13. The molecule has 0 bridgehead atoms. The molecule has 0 radical (unpaired) electrons. The molecule has 1 N–H and O–H groups in total. The number of hydrogen-bond donors (Lipinski definition) is 1. The molecule has 0 unspecified atom stereocenters. The Kier molecular flexibility index (Phi) is 4.38. The third-order valence-electron chi connectivity index (χ3n) is 3.77. The molecule has 23 heavy (non-hydrogen) atoms. The molecule has 1 aromatic carbocycles. The molecule has 0 saturated carbocycles. The van der Waals surface area contributed by atoms with Crippen LogP contribution < -0.4 is 10.2 Å². The number of hydrogen-bond acceptors (Lipinski definition) is 5. The van der Waals surface area contributed by atoms with Gasteiger partial charge in [0.2, 0.25) is 11.0 Å². The quantitative estimate of drug-likeness (QED) is 0.935. The van der Waals surface area contributed by atoms with Gasteiger partial charge < -0.3 is 4.90 Å². The van der Waals surface area contributed by atoms with Crippen molar-refractivity contribution in [1.82, 2.24) is 10.2 Å². The molecule has 0 aliphatic carbocycles. The first-order valence-electron chi connectivity index (χ1n) is 7.63. The predicted octanol–water partition coefficient (Wildman–Crippen LogP) is 2.65. The minimum atomic E-state index is -0.201. The van der Waals surface area contributed by atoms with E-state index in [1.54, 1.807) is 17.9 Å². The van der Waals surface area contributed by atoms with Crippen LogP contribution in [0.5, 0.6) is 0 Å². The summed E-state index contributed by atoms with van der Waals surface area (Å²) < 4.78 is 0. The maximum Gasteiger partial charge on any atom is 0.257 e. The highest BCUT2D eigenvalue weighted by atomic mass is 32.1. The van der Waals surface area contributed by atoms with E-state index in [0.717, 1.165) is 35.5 Å². The molecule has 0 spiro atoms.